The van der Waals surface area contributed by atoms with Gasteiger partial charge in [0.25, 0.3) is 0 Å². The lowest BCUT2D eigenvalue weighted by atomic mass is 9.96. The molecule has 2 aliphatic rings. The zero-order chi connectivity index (χ0) is 24.0. The molecule has 2 heterocycles. The molecule has 1 aromatic rings. The fourth-order valence-corrected chi connectivity index (χ4v) is 4.60. The molecule has 9 heteroatoms. The first kappa shape index (κ1) is 26.0. The number of aliphatic hydroxyl groups is 2. The summed E-state index contributed by atoms with van der Waals surface area (Å²) in [5.74, 6) is 0.0465. The van der Waals surface area contributed by atoms with Crippen LogP contribution in [0.5, 0.6) is 0 Å². The molecule has 0 aromatic heterocycles. The number of piperidine rings is 1. The van der Waals surface area contributed by atoms with Crippen molar-refractivity contribution in [3.8, 4) is 0 Å². The number of aliphatic hydroxyl groups excluding tert-OH is 2. The minimum atomic E-state index is -0.532. The van der Waals surface area contributed by atoms with E-state index in [9.17, 15) is 19.8 Å². The van der Waals surface area contributed by atoms with Gasteiger partial charge in [-0.2, -0.15) is 0 Å². The fourth-order valence-electron chi connectivity index (χ4n) is 4.29. The van der Waals surface area contributed by atoms with Crippen molar-refractivity contribution in [2.45, 2.75) is 38.4 Å². The van der Waals surface area contributed by atoms with Crippen molar-refractivity contribution in [3.05, 3.63) is 39.9 Å². The van der Waals surface area contributed by atoms with E-state index in [4.69, 9.17) is 23.2 Å². The second-order valence-corrected chi connectivity index (χ2v) is 9.81. The first-order chi connectivity index (χ1) is 15.7. The molecular formula is C24H33Cl2N3O4. The van der Waals surface area contributed by atoms with Crippen LogP contribution in [0, 0.1) is 5.92 Å². The van der Waals surface area contributed by atoms with Crippen molar-refractivity contribution in [2.75, 3.05) is 45.8 Å². The molecule has 2 N–H and O–H groups in total. The Morgan fingerprint density at radius 3 is 2.73 bits per heavy atom. The minimum absolute atomic E-state index is 0.000629. The highest BCUT2D eigenvalue weighted by molar-refractivity contribution is 6.42. The number of β-amino-alcohol motifs (C(OH)–C–C–N with tert-alkyl or cyclic N) is 1. The van der Waals surface area contributed by atoms with Crippen LogP contribution in [0.25, 0.3) is 6.08 Å². The lowest BCUT2D eigenvalue weighted by Crippen LogP contribution is -2.45. The number of likely N-dealkylation sites (tertiary alicyclic amines) is 1. The number of carbonyl (C=O) groups excluding carboxylic acids is 2. The summed E-state index contributed by atoms with van der Waals surface area (Å²) < 4.78 is 0. The van der Waals surface area contributed by atoms with Gasteiger partial charge in [0.05, 0.1) is 22.3 Å². The molecule has 0 aliphatic carbocycles. The second-order valence-electron chi connectivity index (χ2n) is 9.00. The van der Waals surface area contributed by atoms with Gasteiger partial charge in [0.15, 0.2) is 0 Å². The molecule has 0 spiro atoms. The van der Waals surface area contributed by atoms with Gasteiger partial charge in [-0.15, -0.1) is 0 Å². The molecule has 2 saturated heterocycles. The predicted molar refractivity (Wildman–Crippen MR) is 130 cm³/mol. The van der Waals surface area contributed by atoms with E-state index in [-0.39, 0.29) is 30.3 Å². The number of halogens is 2. The predicted octanol–water partition coefficient (Wildman–Crippen LogP) is 2.52. The van der Waals surface area contributed by atoms with E-state index in [0.717, 1.165) is 25.1 Å². The Morgan fingerprint density at radius 2 is 2.00 bits per heavy atom. The monoisotopic (exact) mass is 497 g/mol. The Labute approximate surface area is 205 Å². The molecule has 1 aromatic carbocycles. The molecule has 33 heavy (non-hydrogen) atoms. The van der Waals surface area contributed by atoms with Crippen molar-refractivity contribution in [1.29, 1.82) is 0 Å². The Balaban J connectivity index is 1.45. The van der Waals surface area contributed by atoms with Crippen LogP contribution in [0.4, 0.5) is 0 Å². The molecule has 2 aliphatic heterocycles. The molecule has 3 rings (SSSR count). The lowest BCUT2D eigenvalue weighted by Gasteiger charge is -2.35. The summed E-state index contributed by atoms with van der Waals surface area (Å²) in [6.45, 7) is 5.85. The molecule has 0 radical (unpaired) electrons. The molecule has 2 fully saturated rings. The van der Waals surface area contributed by atoms with Gasteiger partial charge < -0.3 is 24.9 Å². The standard InChI is InChI=1S/C24H33Cl2N3O4/c1-17-15-27(9-7-22(17)31)16-19(30)6-10-28-12-13-29(11-8-24(28)33)23(32)5-3-18-2-4-20(25)21(26)14-18/h2-5,14,17,19,22,30-31H,6-13,15-16H2,1H3/t17-,19?,22-/m0/s1. The van der Waals surface area contributed by atoms with Crippen molar-refractivity contribution < 1.29 is 19.8 Å². The highest BCUT2D eigenvalue weighted by Crippen LogP contribution is 2.23. The Hall–Kier alpha value is -1.64. The molecular weight excluding hydrogens is 465 g/mol. The quantitative estimate of drug-likeness (QED) is 0.565. The summed E-state index contributed by atoms with van der Waals surface area (Å²) in [4.78, 5) is 30.7. The summed E-state index contributed by atoms with van der Waals surface area (Å²) >= 11 is 11.9. The van der Waals surface area contributed by atoms with Crippen LogP contribution in [0.3, 0.4) is 0 Å². The summed E-state index contributed by atoms with van der Waals surface area (Å²) in [7, 11) is 0. The summed E-state index contributed by atoms with van der Waals surface area (Å²) in [5, 5.41) is 21.2. The first-order valence-electron chi connectivity index (χ1n) is 11.5. The SMILES string of the molecule is C[C@H]1CN(CC(O)CCN2CCN(C(=O)C=Cc3ccc(Cl)c(Cl)c3)CCC2=O)CC[C@@H]1O. The Morgan fingerprint density at radius 1 is 1.21 bits per heavy atom. The maximum Gasteiger partial charge on any atom is 0.246 e. The average molecular weight is 498 g/mol. The van der Waals surface area contributed by atoms with Gasteiger partial charge in [0.2, 0.25) is 11.8 Å². The van der Waals surface area contributed by atoms with Crippen LogP contribution < -0.4 is 0 Å². The van der Waals surface area contributed by atoms with E-state index in [1.165, 1.54) is 6.08 Å². The number of carbonyl (C=O) groups is 2. The topological polar surface area (TPSA) is 84.3 Å². The van der Waals surface area contributed by atoms with E-state index in [2.05, 4.69) is 4.90 Å². The molecule has 3 atom stereocenters. The Bertz CT molecular complexity index is 866. The highest BCUT2D eigenvalue weighted by atomic mass is 35.5. The molecule has 7 nitrogen and oxygen atoms in total. The van der Waals surface area contributed by atoms with E-state index in [0.29, 0.717) is 49.2 Å². The third kappa shape index (κ3) is 7.69. The smallest absolute Gasteiger partial charge is 0.246 e. The first-order valence-corrected chi connectivity index (χ1v) is 12.3. The van der Waals surface area contributed by atoms with Crippen LogP contribution in [0.1, 0.15) is 31.7 Å². The second kappa shape index (κ2) is 12.2. The largest absolute Gasteiger partial charge is 0.393 e. The van der Waals surface area contributed by atoms with Crippen LogP contribution in [0.2, 0.25) is 10.0 Å². The van der Waals surface area contributed by atoms with Gasteiger partial charge in [-0.3, -0.25) is 9.59 Å². The number of nitrogens with zero attached hydrogens (tertiary/aromatic N) is 3. The van der Waals surface area contributed by atoms with E-state index in [1.807, 2.05) is 6.92 Å². The highest BCUT2D eigenvalue weighted by Gasteiger charge is 2.27. The third-order valence-corrected chi connectivity index (χ3v) is 7.15. The van der Waals surface area contributed by atoms with E-state index < -0.39 is 6.10 Å². The Kier molecular flexibility index (Phi) is 9.58. The van der Waals surface area contributed by atoms with Crippen molar-refractivity contribution in [3.63, 3.8) is 0 Å². The van der Waals surface area contributed by atoms with Gasteiger partial charge in [-0.25, -0.2) is 0 Å². The van der Waals surface area contributed by atoms with Gasteiger partial charge in [-0.1, -0.05) is 36.2 Å². The number of rotatable bonds is 7. The summed E-state index contributed by atoms with van der Waals surface area (Å²) in [6.07, 6.45) is 3.86. The minimum Gasteiger partial charge on any atom is -0.393 e. The lowest BCUT2D eigenvalue weighted by molar-refractivity contribution is -0.130. The zero-order valence-corrected chi connectivity index (χ0v) is 20.5. The molecule has 0 bridgehead atoms. The van der Waals surface area contributed by atoms with E-state index >= 15 is 0 Å². The average Bonchev–Trinajstić information content (AvgIpc) is 2.97. The van der Waals surface area contributed by atoms with Crippen molar-refractivity contribution >= 4 is 41.1 Å². The van der Waals surface area contributed by atoms with Crippen LogP contribution in [0.15, 0.2) is 24.3 Å². The third-order valence-electron chi connectivity index (χ3n) is 6.41. The van der Waals surface area contributed by atoms with Gasteiger partial charge in [-0.05, 0) is 42.5 Å². The van der Waals surface area contributed by atoms with Crippen molar-refractivity contribution in [1.82, 2.24) is 14.7 Å². The van der Waals surface area contributed by atoms with E-state index in [1.54, 1.807) is 34.1 Å². The zero-order valence-electron chi connectivity index (χ0n) is 19.0. The van der Waals surface area contributed by atoms with Gasteiger partial charge >= 0.3 is 0 Å². The van der Waals surface area contributed by atoms with Gasteiger partial charge in [0, 0.05) is 58.3 Å². The molecule has 1 unspecified atom stereocenters. The van der Waals surface area contributed by atoms with Crippen molar-refractivity contribution in [2.24, 2.45) is 5.92 Å². The number of amides is 2. The normalized spacial score (nSPS) is 23.7. The molecule has 2 amide bonds. The fraction of sp³-hybridized carbons (Fsp3) is 0.583. The van der Waals surface area contributed by atoms with Gasteiger partial charge in [0.1, 0.15) is 0 Å². The number of benzene rings is 1. The molecule has 182 valence electrons. The molecule has 0 saturated carbocycles. The van der Waals surface area contributed by atoms with Crippen LogP contribution >= 0.6 is 23.2 Å². The number of hydrogen-bond donors (Lipinski definition) is 2. The maximum atomic E-state index is 12.6. The van der Waals surface area contributed by atoms with Crippen LogP contribution in [-0.2, 0) is 9.59 Å². The summed E-state index contributed by atoms with van der Waals surface area (Å²) in [6, 6.07) is 5.16. The summed E-state index contributed by atoms with van der Waals surface area (Å²) in [5.41, 5.74) is 0.775. The number of hydrogen-bond acceptors (Lipinski definition) is 5. The maximum absolute atomic E-state index is 12.6. The van der Waals surface area contributed by atoms with Crippen LogP contribution in [-0.4, -0.2) is 94.7 Å².